The highest BCUT2D eigenvalue weighted by Gasteiger charge is 2.55. The first-order valence-corrected chi connectivity index (χ1v) is 9.22. The van der Waals surface area contributed by atoms with E-state index in [1.54, 1.807) is 19.8 Å². The molecular weight excluding hydrogens is 302 g/mol. The first kappa shape index (κ1) is 16.2. The Kier molecular flexibility index (Phi) is 4.21. The number of fused-ring (bicyclic) bond motifs is 1. The Morgan fingerprint density at radius 3 is 2.62 bits per heavy atom. The Morgan fingerprint density at radius 1 is 1.08 bits per heavy atom. The number of rotatable bonds is 3. The summed E-state index contributed by atoms with van der Waals surface area (Å²) in [6.07, 6.45) is 13.3. The topological polar surface area (TPSA) is 30.9 Å². The van der Waals surface area contributed by atoms with Crippen LogP contribution in [0.5, 0.6) is 0 Å². The van der Waals surface area contributed by atoms with Crippen molar-refractivity contribution in [3.05, 3.63) is 35.3 Å². The quantitative estimate of drug-likeness (QED) is 0.743. The van der Waals surface area contributed by atoms with Crippen molar-refractivity contribution in [1.29, 1.82) is 0 Å². The average Bonchev–Trinajstić information content (AvgIpc) is 2.92. The first-order chi connectivity index (χ1) is 11.7. The Morgan fingerprint density at radius 2 is 1.88 bits per heavy atom. The second kappa shape index (κ2) is 6.23. The van der Waals surface area contributed by atoms with E-state index in [0.29, 0.717) is 17.9 Å². The number of methoxy groups -OCH3 is 3. The van der Waals surface area contributed by atoms with Gasteiger partial charge in [-0.1, -0.05) is 11.6 Å². The van der Waals surface area contributed by atoms with Crippen LogP contribution >= 0.6 is 0 Å². The average molecular weight is 331 g/mol. The molecule has 0 saturated carbocycles. The summed E-state index contributed by atoms with van der Waals surface area (Å²) in [4.78, 5) is 2.74. The van der Waals surface area contributed by atoms with E-state index in [1.165, 1.54) is 32.4 Å². The summed E-state index contributed by atoms with van der Waals surface area (Å²) in [5.41, 5.74) is 1.74. The van der Waals surface area contributed by atoms with E-state index in [2.05, 4.69) is 23.1 Å². The second-order valence-electron chi connectivity index (χ2n) is 7.49. The maximum atomic E-state index is 5.80. The number of allylic oxidation sites excluding steroid dienone is 1. The smallest absolute Gasteiger partial charge is 0.156 e. The Hall–Kier alpha value is -1.26. The first-order valence-electron chi connectivity index (χ1n) is 9.22. The molecule has 1 spiro atoms. The van der Waals surface area contributed by atoms with Crippen molar-refractivity contribution >= 4 is 0 Å². The minimum atomic E-state index is 0.111. The molecule has 0 bridgehead atoms. The molecule has 0 aromatic carbocycles. The molecule has 4 rings (SSSR count). The molecule has 2 saturated heterocycles. The van der Waals surface area contributed by atoms with Gasteiger partial charge in [-0.15, -0.1) is 0 Å². The molecule has 24 heavy (non-hydrogen) atoms. The second-order valence-corrected chi connectivity index (χ2v) is 7.49. The molecule has 4 nitrogen and oxygen atoms in total. The van der Waals surface area contributed by atoms with Crippen molar-refractivity contribution in [1.82, 2.24) is 4.90 Å². The highest BCUT2D eigenvalue weighted by Crippen LogP contribution is 2.54. The van der Waals surface area contributed by atoms with Crippen LogP contribution < -0.4 is 0 Å². The van der Waals surface area contributed by atoms with Gasteiger partial charge >= 0.3 is 0 Å². The zero-order valence-corrected chi connectivity index (χ0v) is 15.1. The molecule has 2 aliphatic heterocycles. The van der Waals surface area contributed by atoms with Gasteiger partial charge in [0.1, 0.15) is 0 Å². The van der Waals surface area contributed by atoms with E-state index in [1.807, 2.05) is 7.11 Å². The van der Waals surface area contributed by atoms with Crippen molar-refractivity contribution in [3.8, 4) is 0 Å². The van der Waals surface area contributed by atoms with Crippen LogP contribution in [0.3, 0.4) is 0 Å². The zero-order chi connectivity index (χ0) is 16.7. The molecule has 2 heterocycles. The van der Waals surface area contributed by atoms with Gasteiger partial charge in [0.15, 0.2) is 11.5 Å². The Balaban J connectivity index is 1.81. The Bertz CT molecular complexity index is 594. The molecule has 0 aromatic rings. The number of hydrogen-bond donors (Lipinski definition) is 0. The molecule has 0 N–H and O–H groups in total. The fourth-order valence-electron chi connectivity index (χ4n) is 5.53. The van der Waals surface area contributed by atoms with Gasteiger partial charge < -0.3 is 14.2 Å². The highest BCUT2D eigenvalue weighted by molar-refractivity contribution is 5.39. The van der Waals surface area contributed by atoms with Gasteiger partial charge in [0.2, 0.25) is 0 Å². The maximum Gasteiger partial charge on any atom is 0.156 e. The van der Waals surface area contributed by atoms with E-state index >= 15 is 0 Å². The van der Waals surface area contributed by atoms with Gasteiger partial charge in [0.25, 0.3) is 0 Å². The van der Waals surface area contributed by atoms with Gasteiger partial charge in [0, 0.05) is 19.6 Å². The lowest BCUT2D eigenvalue weighted by Gasteiger charge is -2.49. The molecule has 0 amide bonds. The lowest BCUT2D eigenvalue weighted by atomic mass is 9.65. The molecule has 2 fully saturated rings. The molecule has 0 aromatic heterocycles. The zero-order valence-electron chi connectivity index (χ0n) is 15.1. The summed E-state index contributed by atoms with van der Waals surface area (Å²) in [5.74, 6) is 2.74. The summed E-state index contributed by atoms with van der Waals surface area (Å²) in [6, 6.07) is 0. The fourth-order valence-corrected chi connectivity index (χ4v) is 5.53. The standard InChI is InChI=1S/C20H29NO3/c1-22-16-7-6-15-8-10-21-9-4-5-14-11-18(23-2)19(24-3)12-17(14)20(15,21)13-16/h6,11-12,14,16-17H,4-5,7-10,13H2,1-3H3/t14-,16+,17+,20+/m1/s1. The third-order valence-electron chi connectivity index (χ3n) is 6.63. The molecule has 132 valence electrons. The van der Waals surface area contributed by atoms with Gasteiger partial charge in [-0.25, -0.2) is 0 Å². The van der Waals surface area contributed by atoms with Crippen LogP contribution in [0.25, 0.3) is 0 Å². The lowest BCUT2D eigenvalue weighted by Crippen LogP contribution is -2.54. The molecule has 4 heteroatoms. The van der Waals surface area contributed by atoms with Crippen LogP contribution in [0.4, 0.5) is 0 Å². The maximum absolute atomic E-state index is 5.80. The summed E-state index contributed by atoms with van der Waals surface area (Å²) in [6.45, 7) is 2.37. The van der Waals surface area contributed by atoms with Crippen molar-refractivity contribution in [3.63, 3.8) is 0 Å². The van der Waals surface area contributed by atoms with Crippen LogP contribution in [0.15, 0.2) is 35.3 Å². The third-order valence-corrected chi connectivity index (χ3v) is 6.63. The normalized spacial score (nSPS) is 38.8. The minimum absolute atomic E-state index is 0.111. The van der Waals surface area contributed by atoms with Gasteiger partial charge in [-0.05, 0) is 56.7 Å². The van der Waals surface area contributed by atoms with E-state index in [4.69, 9.17) is 14.2 Å². The lowest BCUT2D eigenvalue weighted by molar-refractivity contribution is 0.0149. The fraction of sp³-hybridized carbons (Fsp3) is 0.700. The Labute approximate surface area is 145 Å². The van der Waals surface area contributed by atoms with E-state index in [9.17, 15) is 0 Å². The molecule has 2 aliphatic carbocycles. The molecule has 0 radical (unpaired) electrons. The predicted octanol–water partition coefficient (Wildman–Crippen LogP) is 3.27. The van der Waals surface area contributed by atoms with Crippen molar-refractivity contribution < 1.29 is 14.2 Å². The third kappa shape index (κ3) is 2.26. The molecular formula is C20H29NO3. The van der Waals surface area contributed by atoms with Crippen LogP contribution in [-0.2, 0) is 14.2 Å². The van der Waals surface area contributed by atoms with Crippen LogP contribution in [0.2, 0.25) is 0 Å². The number of hydrogen-bond acceptors (Lipinski definition) is 4. The van der Waals surface area contributed by atoms with Crippen LogP contribution in [-0.4, -0.2) is 51.0 Å². The van der Waals surface area contributed by atoms with E-state index in [-0.39, 0.29) is 5.54 Å². The number of nitrogens with zero attached hydrogens (tertiary/aromatic N) is 1. The molecule has 0 unspecified atom stereocenters. The van der Waals surface area contributed by atoms with Gasteiger partial charge in [-0.2, -0.15) is 0 Å². The molecule has 4 aliphatic rings. The summed E-state index contributed by atoms with van der Waals surface area (Å²) in [5, 5.41) is 0. The van der Waals surface area contributed by atoms with E-state index in [0.717, 1.165) is 24.4 Å². The summed E-state index contributed by atoms with van der Waals surface area (Å²) in [7, 11) is 5.34. The van der Waals surface area contributed by atoms with Crippen molar-refractivity contribution in [2.45, 2.75) is 43.7 Å². The minimum Gasteiger partial charge on any atom is -0.493 e. The summed E-state index contributed by atoms with van der Waals surface area (Å²) < 4.78 is 17.0. The monoisotopic (exact) mass is 331 g/mol. The van der Waals surface area contributed by atoms with Crippen molar-refractivity contribution in [2.24, 2.45) is 11.8 Å². The van der Waals surface area contributed by atoms with Crippen LogP contribution in [0.1, 0.15) is 32.1 Å². The van der Waals surface area contributed by atoms with Gasteiger partial charge in [0.05, 0.1) is 25.9 Å². The molecule has 4 atom stereocenters. The summed E-state index contributed by atoms with van der Waals surface area (Å²) >= 11 is 0. The SMILES string of the molecule is COC1=C[C@H]2CCCN3CCC4=CC[C@H](OC)C[C@@]43[C@H]2C=C1OC. The predicted molar refractivity (Wildman–Crippen MR) is 93.4 cm³/mol. The highest BCUT2D eigenvalue weighted by atomic mass is 16.5. The van der Waals surface area contributed by atoms with Crippen molar-refractivity contribution in [2.75, 3.05) is 34.4 Å². The number of ether oxygens (including phenoxy) is 3. The largest absolute Gasteiger partial charge is 0.493 e. The van der Waals surface area contributed by atoms with E-state index < -0.39 is 0 Å². The van der Waals surface area contributed by atoms with Crippen LogP contribution in [0, 0.1) is 11.8 Å². The van der Waals surface area contributed by atoms with Gasteiger partial charge in [-0.3, -0.25) is 4.90 Å².